The molecule has 0 aliphatic heterocycles. The molecule has 0 saturated carbocycles. The zero-order valence-electron chi connectivity index (χ0n) is 11.7. The van der Waals surface area contributed by atoms with E-state index in [1.54, 1.807) is 18.2 Å². The van der Waals surface area contributed by atoms with Gasteiger partial charge in [-0.1, -0.05) is 29.3 Å². The van der Waals surface area contributed by atoms with Gasteiger partial charge in [0.15, 0.2) is 6.61 Å². The Morgan fingerprint density at radius 3 is 2.68 bits per heavy atom. The fraction of sp³-hybridized carbons (Fsp3) is 0.188. The maximum atomic E-state index is 13.5. The first-order valence-electron chi connectivity index (χ1n) is 6.45. The van der Waals surface area contributed by atoms with Crippen LogP contribution in [-0.4, -0.2) is 12.6 Å². The Morgan fingerprint density at radius 1 is 1.23 bits per heavy atom. The number of esters is 1. The van der Waals surface area contributed by atoms with E-state index in [4.69, 9.17) is 32.7 Å². The molecule has 2 aromatic rings. The van der Waals surface area contributed by atoms with Crippen LogP contribution < -0.4 is 4.74 Å². The van der Waals surface area contributed by atoms with Crippen LogP contribution in [0, 0.1) is 12.7 Å². The second-order valence-corrected chi connectivity index (χ2v) is 5.40. The SMILES string of the molecule is Cc1cc(Cl)ccc1OCC(=O)OCc1c(F)cccc1Cl. The number of halogens is 3. The Labute approximate surface area is 137 Å². The van der Waals surface area contributed by atoms with Crippen molar-refractivity contribution in [1.82, 2.24) is 0 Å². The first-order chi connectivity index (χ1) is 10.5. The third-order valence-electron chi connectivity index (χ3n) is 2.92. The van der Waals surface area contributed by atoms with Crippen LogP contribution in [-0.2, 0) is 16.1 Å². The summed E-state index contributed by atoms with van der Waals surface area (Å²) in [4.78, 5) is 11.7. The first kappa shape index (κ1) is 16.6. The van der Waals surface area contributed by atoms with Crippen LogP contribution >= 0.6 is 23.2 Å². The third kappa shape index (κ3) is 4.36. The molecule has 0 bridgehead atoms. The van der Waals surface area contributed by atoms with Crippen molar-refractivity contribution in [2.24, 2.45) is 0 Å². The van der Waals surface area contributed by atoms with Crippen LogP contribution in [0.4, 0.5) is 4.39 Å². The molecular formula is C16H13Cl2FO3. The predicted molar refractivity (Wildman–Crippen MR) is 82.9 cm³/mol. The van der Waals surface area contributed by atoms with Crippen molar-refractivity contribution >= 4 is 29.2 Å². The van der Waals surface area contributed by atoms with Gasteiger partial charge in [-0.15, -0.1) is 0 Å². The summed E-state index contributed by atoms with van der Waals surface area (Å²) in [5.74, 6) is -0.603. The Balaban J connectivity index is 1.88. The van der Waals surface area contributed by atoms with Gasteiger partial charge in [0, 0.05) is 10.6 Å². The summed E-state index contributed by atoms with van der Waals surface area (Å²) in [5.41, 5.74) is 0.942. The lowest BCUT2D eigenvalue weighted by molar-refractivity contribution is -0.147. The van der Waals surface area contributed by atoms with E-state index in [1.165, 1.54) is 18.2 Å². The van der Waals surface area contributed by atoms with E-state index < -0.39 is 11.8 Å². The molecule has 0 unspecified atom stereocenters. The summed E-state index contributed by atoms with van der Waals surface area (Å²) in [7, 11) is 0. The fourth-order valence-electron chi connectivity index (χ4n) is 1.78. The van der Waals surface area contributed by atoms with Crippen LogP contribution in [0.2, 0.25) is 10.0 Å². The number of rotatable bonds is 5. The summed E-state index contributed by atoms with van der Waals surface area (Å²) in [6.45, 7) is 1.29. The summed E-state index contributed by atoms with van der Waals surface area (Å²) >= 11 is 11.7. The lowest BCUT2D eigenvalue weighted by Crippen LogP contribution is -2.15. The number of carbonyl (C=O) groups is 1. The standard InChI is InChI=1S/C16H13Cl2FO3/c1-10-7-11(17)5-6-15(10)21-9-16(20)22-8-12-13(18)3-2-4-14(12)19/h2-7H,8-9H2,1H3. The highest BCUT2D eigenvalue weighted by Gasteiger charge is 2.11. The highest BCUT2D eigenvalue weighted by atomic mass is 35.5. The minimum absolute atomic E-state index is 0.139. The molecule has 0 atom stereocenters. The Morgan fingerprint density at radius 2 is 2.00 bits per heavy atom. The van der Waals surface area contributed by atoms with Gasteiger partial charge >= 0.3 is 5.97 Å². The van der Waals surface area contributed by atoms with Gasteiger partial charge in [-0.05, 0) is 42.8 Å². The summed E-state index contributed by atoms with van der Waals surface area (Å²) < 4.78 is 23.8. The van der Waals surface area contributed by atoms with Gasteiger partial charge in [0.25, 0.3) is 0 Å². The van der Waals surface area contributed by atoms with E-state index in [-0.39, 0.29) is 23.8 Å². The molecule has 116 valence electrons. The Bertz CT molecular complexity index is 669. The average Bonchev–Trinajstić information content (AvgIpc) is 2.46. The lowest BCUT2D eigenvalue weighted by atomic mass is 10.2. The van der Waals surface area contributed by atoms with Gasteiger partial charge in [-0.3, -0.25) is 0 Å². The molecule has 0 aliphatic rings. The van der Waals surface area contributed by atoms with Crippen molar-refractivity contribution in [1.29, 1.82) is 0 Å². The molecule has 2 rings (SSSR count). The van der Waals surface area contributed by atoms with Gasteiger partial charge < -0.3 is 9.47 Å². The number of carbonyl (C=O) groups excluding carboxylic acids is 1. The molecule has 0 spiro atoms. The quantitative estimate of drug-likeness (QED) is 0.747. The number of benzene rings is 2. The highest BCUT2D eigenvalue weighted by Crippen LogP contribution is 2.22. The molecule has 0 N–H and O–H groups in total. The molecule has 0 fully saturated rings. The Hall–Kier alpha value is -1.78. The van der Waals surface area contributed by atoms with Crippen LogP contribution in [0.5, 0.6) is 5.75 Å². The monoisotopic (exact) mass is 342 g/mol. The van der Waals surface area contributed by atoms with Crippen molar-refractivity contribution in [2.45, 2.75) is 13.5 Å². The maximum Gasteiger partial charge on any atom is 0.344 e. The minimum Gasteiger partial charge on any atom is -0.482 e. The van der Waals surface area contributed by atoms with Crippen molar-refractivity contribution in [3.8, 4) is 5.75 Å². The number of aryl methyl sites for hydroxylation is 1. The van der Waals surface area contributed by atoms with Crippen molar-refractivity contribution in [3.05, 3.63) is 63.4 Å². The summed E-state index contributed by atoms with van der Waals surface area (Å²) in [5, 5.41) is 0.795. The van der Waals surface area contributed by atoms with Gasteiger partial charge in [-0.25, -0.2) is 9.18 Å². The van der Waals surface area contributed by atoms with E-state index in [0.717, 1.165) is 5.56 Å². The largest absolute Gasteiger partial charge is 0.482 e. The van der Waals surface area contributed by atoms with E-state index in [1.807, 2.05) is 6.92 Å². The molecule has 0 saturated heterocycles. The van der Waals surface area contributed by atoms with Crippen LogP contribution in [0.15, 0.2) is 36.4 Å². The van der Waals surface area contributed by atoms with Gasteiger partial charge in [0.05, 0.1) is 5.02 Å². The highest BCUT2D eigenvalue weighted by molar-refractivity contribution is 6.31. The van der Waals surface area contributed by atoms with Crippen molar-refractivity contribution < 1.29 is 18.7 Å². The van der Waals surface area contributed by atoms with E-state index in [0.29, 0.717) is 10.8 Å². The van der Waals surface area contributed by atoms with Crippen LogP contribution in [0.1, 0.15) is 11.1 Å². The molecule has 6 heteroatoms. The topological polar surface area (TPSA) is 35.5 Å². The molecule has 0 aromatic heterocycles. The predicted octanol–water partition coefficient (Wildman–Crippen LogP) is 4.56. The van der Waals surface area contributed by atoms with E-state index in [2.05, 4.69) is 0 Å². The molecule has 0 amide bonds. The lowest BCUT2D eigenvalue weighted by Gasteiger charge is -2.10. The number of ether oxygens (including phenoxy) is 2. The fourth-order valence-corrected chi connectivity index (χ4v) is 2.22. The zero-order valence-corrected chi connectivity index (χ0v) is 13.2. The first-order valence-corrected chi connectivity index (χ1v) is 7.20. The second-order valence-electron chi connectivity index (χ2n) is 4.56. The van der Waals surface area contributed by atoms with Gasteiger partial charge in [0.2, 0.25) is 0 Å². The molecule has 2 aromatic carbocycles. The molecule has 0 aliphatic carbocycles. The minimum atomic E-state index is -0.617. The van der Waals surface area contributed by atoms with E-state index >= 15 is 0 Å². The number of hydrogen-bond acceptors (Lipinski definition) is 3. The van der Waals surface area contributed by atoms with Crippen molar-refractivity contribution in [2.75, 3.05) is 6.61 Å². The molecule has 22 heavy (non-hydrogen) atoms. The van der Waals surface area contributed by atoms with Crippen molar-refractivity contribution in [3.63, 3.8) is 0 Å². The van der Waals surface area contributed by atoms with Crippen LogP contribution in [0.25, 0.3) is 0 Å². The molecule has 3 nitrogen and oxygen atoms in total. The maximum absolute atomic E-state index is 13.5. The second kappa shape index (κ2) is 7.47. The normalized spacial score (nSPS) is 10.4. The third-order valence-corrected chi connectivity index (χ3v) is 3.51. The zero-order chi connectivity index (χ0) is 16.1. The molecular weight excluding hydrogens is 330 g/mol. The van der Waals surface area contributed by atoms with E-state index in [9.17, 15) is 9.18 Å². The van der Waals surface area contributed by atoms with Gasteiger partial charge in [-0.2, -0.15) is 0 Å². The van der Waals surface area contributed by atoms with Gasteiger partial charge in [0.1, 0.15) is 18.2 Å². The Kier molecular flexibility index (Phi) is 5.63. The molecule has 0 heterocycles. The summed E-state index contributed by atoms with van der Waals surface area (Å²) in [6, 6.07) is 9.31. The summed E-state index contributed by atoms with van der Waals surface area (Å²) in [6.07, 6.45) is 0. The smallest absolute Gasteiger partial charge is 0.344 e. The van der Waals surface area contributed by atoms with Crippen LogP contribution in [0.3, 0.4) is 0 Å². The molecule has 0 radical (unpaired) electrons. The number of hydrogen-bond donors (Lipinski definition) is 0. The average molecular weight is 343 g/mol.